The Labute approximate surface area is 156 Å². The van der Waals surface area contributed by atoms with Gasteiger partial charge in [0.15, 0.2) is 11.5 Å². The molecular weight excluding hydrogens is 358 g/mol. The van der Waals surface area contributed by atoms with E-state index in [-0.39, 0.29) is 12.5 Å². The summed E-state index contributed by atoms with van der Waals surface area (Å²) in [6.45, 7) is 3.54. The average molecular weight is 379 g/mol. The van der Waals surface area contributed by atoms with E-state index in [0.29, 0.717) is 34.3 Å². The van der Waals surface area contributed by atoms with Crippen molar-refractivity contribution in [2.24, 2.45) is 0 Å². The Morgan fingerprint density at radius 1 is 1.31 bits per heavy atom. The Morgan fingerprint density at radius 2 is 2.04 bits per heavy atom. The molecule has 1 aliphatic heterocycles. The zero-order valence-electron chi connectivity index (χ0n) is 15.2. The first-order valence-corrected chi connectivity index (χ1v) is 8.92. The lowest BCUT2D eigenvalue weighted by Crippen LogP contribution is -2.40. The molecule has 8 heteroatoms. The van der Waals surface area contributed by atoms with Gasteiger partial charge in [-0.15, -0.1) is 11.8 Å². The van der Waals surface area contributed by atoms with Gasteiger partial charge in [-0.3, -0.25) is 14.4 Å². The molecule has 1 aliphatic rings. The van der Waals surface area contributed by atoms with Crippen molar-refractivity contribution in [3.8, 4) is 11.5 Å². The standard InChI is InChI=1S/C18H21NO6S/c1-11-7-13(8-14(23-3)17(11)25-12(2)20)9-15-18(22)19(5-6-26-15)10-16(21)24-4/h7-9H,5-6,10H2,1-4H3/b15-9+. The van der Waals surface area contributed by atoms with E-state index in [4.69, 9.17) is 9.47 Å². The van der Waals surface area contributed by atoms with Crippen LogP contribution in [0.25, 0.3) is 6.08 Å². The minimum atomic E-state index is -0.451. The average Bonchev–Trinajstić information content (AvgIpc) is 2.60. The first-order valence-electron chi connectivity index (χ1n) is 7.93. The number of rotatable bonds is 5. The van der Waals surface area contributed by atoms with Crippen LogP contribution in [0.5, 0.6) is 11.5 Å². The van der Waals surface area contributed by atoms with Crippen molar-refractivity contribution in [1.29, 1.82) is 0 Å². The molecule has 140 valence electrons. The first-order chi connectivity index (χ1) is 12.3. The zero-order chi connectivity index (χ0) is 19.3. The van der Waals surface area contributed by atoms with E-state index < -0.39 is 11.9 Å². The minimum absolute atomic E-state index is 0.0685. The number of aryl methyl sites for hydroxylation is 1. The van der Waals surface area contributed by atoms with Gasteiger partial charge in [0.2, 0.25) is 0 Å². The Morgan fingerprint density at radius 3 is 2.65 bits per heavy atom. The number of benzene rings is 1. The SMILES string of the molecule is COC(=O)CN1CCS/C(=C/c2cc(C)c(OC(C)=O)c(OC)c2)C1=O. The first kappa shape index (κ1) is 19.8. The zero-order valence-corrected chi connectivity index (χ0v) is 16.0. The molecule has 0 saturated carbocycles. The second-order valence-electron chi connectivity index (χ2n) is 5.62. The van der Waals surface area contributed by atoms with Gasteiger partial charge in [0.25, 0.3) is 5.91 Å². The summed E-state index contributed by atoms with van der Waals surface area (Å²) in [5.41, 5.74) is 1.46. The number of hydrogen-bond acceptors (Lipinski definition) is 7. The van der Waals surface area contributed by atoms with Gasteiger partial charge in [-0.2, -0.15) is 0 Å². The fraction of sp³-hybridized carbons (Fsp3) is 0.389. The monoisotopic (exact) mass is 379 g/mol. The third-order valence-electron chi connectivity index (χ3n) is 3.69. The summed E-state index contributed by atoms with van der Waals surface area (Å²) in [5.74, 6) is 0.355. The summed E-state index contributed by atoms with van der Waals surface area (Å²) < 4.78 is 15.1. The Bertz CT molecular complexity index is 758. The fourth-order valence-electron chi connectivity index (χ4n) is 2.49. The molecule has 0 aliphatic carbocycles. The van der Waals surface area contributed by atoms with Gasteiger partial charge in [-0.1, -0.05) is 0 Å². The van der Waals surface area contributed by atoms with Crippen LogP contribution < -0.4 is 9.47 Å². The highest BCUT2D eigenvalue weighted by atomic mass is 32.2. The Balaban J connectivity index is 2.30. The summed E-state index contributed by atoms with van der Waals surface area (Å²) in [6, 6.07) is 3.51. The molecule has 1 fully saturated rings. The number of amides is 1. The Hall–Kier alpha value is -2.48. The van der Waals surface area contributed by atoms with E-state index in [9.17, 15) is 14.4 Å². The summed E-state index contributed by atoms with van der Waals surface area (Å²) in [5, 5.41) is 0. The van der Waals surface area contributed by atoms with Gasteiger partial charge in [-0.05, 0) is 36.3 Å². The van der Waals surface area contributed by atoms with Gasteiger partial charge >= 0.3 is 11.9 Å². The van der Waals surface area contributed by atoms with Crippen LogP contribution >= 0.6 is 11.8 Å². The Kier molecular flexibility index (Phi) is 6.68. The minimum Gasteiger partial charge on any atom is -0.493 e. The highest BCUT2D eigenvalue weighted by molar-refractivity contribution is 8.04. The fourth-order valence-corrected chi connectivity index (χ4v) is 3.49. The smallest absolute Gasteiger partial charge is 0.325 e. The summed E-state index contributed by atoms with van der Waals surface area (Å²) >= 11 is 1.43. The summed E-state index contributed by atoms with van der Waals surface area (Å²) in [6.07, 6.45) is 1.74. The largest absolute Gasteiger partial charge is 0.493 e. The number of thioether (sulfide) groups is 1. The van der Waals surface area contributed by atoms with E-state index in [1.807, 2.05) is 0 Å². The van der Waals surface area contributed by atoms with Gasteiger partial charge in [0, 0.05) is 19.2 Å². The third-order valence-corrected chi connectivity index (χ3v) is 4.68. The highest BCUT2D eigenvalue weighted by Gasteiger charge is 2.26. The van der Waals surface area contributed by atoms with Crippen LogP contribution in [-0.2, 0) is 19.1 Å². The molecule has 1 amide bonds. The maximum Gasteiger partial charge on any atom is 0.325 e. The maximum atomic E-state index is 12.6. The molecule has 0 spiro atoms. The van der Waals surface area contributed by atoms with E-state index >= 15 is 0 Å². The normalized spacial score (nSPS) is 15.8. The molecule has 26 heavy (non-hydrogen) atoms. The van der Waals surface area contributed by atoms with Crippen molar-refractivity contribution in [2.45, 2.75) is 13.8 Å². The molecule has 1 aromatic rings. The van der Waals surface area contributed by atoms with Crippen LogP contribution in [0, 0.1) is 6.92 Å². The molecular formula is C18H21NO6S. The topological polar surface area (TPSA) is 82.1 Å². The van der Waals surface area contributed by atoms with Crippen LogP contribution in [-0.4, -0.2) is 55.8 Å². The van der Waals surface area contributed by atoms with Crippen molar-refractivity contribution in [2.75, 3.05) is 33.1 Å². The molecule has 2 rings (SSSR count). The number of carbonyl (C=O) groups excluding carboxylic acids is 3. The molecule has 1 saturated heterocycles. The van der Waals surface area contributed by atoms with Gasteiger partial charge in [0.05, 0.1) is 19.1 Å². The number of hydrogen-bond donors (Lipinski definition) is 0. The number of carbonyl (C=O) groups is 3. The number of esters is 2. The maximum absolute atomic E-state index is 12.6. The number of ether oxygens (including phenoxy) is 3. The van der Waals surface area contributed by atoms with E-state index in [1.165, 1.54) is 37.8 Å². The van der Waals surface area contributed by atoms with Crippen molar-refractivity contribution < 1.29 is 28.6 Å². The second kappa shape index (κ2) is 8.75. The summed E-state index contributed by atoms with van der Waals surface area (Å²) in [7, 11) is 2.78. The van der Waals surface area contributed by atoms with E-state index in [0.717, 1.165) is 5.56 Å². The van der Waals surface area contributed by atoms with Crippen LogP contribution in [0.3, 0.4) is 0 Å². The van der Waals surface area contributed by atoms with Crippen LogP contribution in [0.15, 0.2) is 17.0 Å². The molecule has 0 N–H and O–H groups in total. The number of nitrogens with zero attached hydrogens (tertiary/aromatic N) is 1. The lowest BCUT2D eigenvalue weighted by Gasteiger charge is -2.27. The number of methoxy groups -OCH3 is 2. The van der Waals surface area contributed by atoms with Gasteiger partial charge in [-0.25, -0.2) is 0 Å². The van der Waals surface area contributed by atoms with Crippen LogP contribution in [0.2, 0.25) is 0 Å². The third kappa shape index (κ3) is 4.78. The highest BCUT2D eigenvalue weighted by Crippen LogP contribution is 2.34. The molecule has 0 radical (unpaired) electrons. The van der Waals surface area contributed by atoms with E-state index in [2.05, 4.69) is 4.74 Å². The predicted octanol–water partition coefficient (Wildman–Crippen LogP) is 2.02. The van der Waals surface area contributed by atoms with Crippen molar-refractivity contribution in [3.05, 3.63) is 28.2 Å². The predicted molar refractivity (Wildman–Crippen MR) is 98.1 cm³/mol. The molecule has 0 unspecified atom stereocenters. The molecule has 1 heterocycles. The summed E-state index contributed by atoms with van der Waals surface area (Å²) in [4.78, 5) is 37.2. The van der Waals surface area contributed by atoms with Crippen molar-refractivity contribution in [3.63, 3.8) is 0 Å². The quantitative estimate of drug-likeness (QED) is 0.440. The molecule has 0 aromatic heterocycles. The lowest BCUT2D eigenvalue weighted by atomic mass is 10.1. The van der Waals surface area contributed by atoms with Gasteiger partial charge < -0.3 is 19.1 Å². The lowest BCUT2D eigenvalue weighted by molar-refractivity contribution is -0.145. The molecule has 1 aromatic carbocycles. The van der Waals surface area contributed by atoms with Crippen LogP contribution in [0.4, 0.5) is 0 Å². The van der Waals surface area contributed by atoms with Gasteiger partial charge in [0.1, 0.15) is 6.54 Å². The van der Waals surface area contributed by atoms with E-state index in [1.54, 1.807) is 25.1 Å². The van der Waals surface area contributed by atoms with Crippen molar-refractivity contribution in [1.82, 2.24) is 4.90 Å². The molecule has 0 atom stereocenters. The second-order valence-corrected chi connectivity index (χ2v) is 6.76. The molecule has 0 bridgehead atoms. The molecule has 7 nitrogen and oxygen atoms in total. The van der Waals surface area contributed by atoms with Crippen molar-refractivity contribution >= 4 is 35.7 Å². The van der Waals surface area contributed by atoms with Crippen LogP contribution in [0.1, 0.15) is 18.1 Å².